The summed E-state index contributed by atoms with van der Waals surface area (Å²) in [5, 5.41) is 7.80. The van der Waals surface area contributed by atoms with Gasteiger partial charge in [0.1, 0.15) is 5.69 Å². The first-order chi connectivity index (χ1) is 13.5. The SMILES string of the molecule is CC1c2ccc(C(=O)NC3CC3)n2CCN1C(=O)c1cc2ncc(Cl)cn2n1. The van der Waals surface area contributed by atoms with Crippen molar-refractivity contribution in [3.05, 3.63) is 52.7 Å². The van der Waals surface area contributed by atoms with E-state index in [2.05, 4.69) is 15.4 Å². The van der Waals surface area contributed by atoms with E-state index in [1.807, 2.05) is 23.6 Å². The number of nitrogens with zero attached hydrogens (tertiary/aromatic N) is 5. The van der Waals surface area contributed by atoms with Crippen LogP contribution in [0.4, 0.5) is 0 Å². The lowest BCUT2D eigenvalue weighted by Crippen LogP contribution is -2.42. The first kappa shape index (κ1) is 17.2. The Bertz CT molecular complexity index is 1100. The molecule has 1 N–H and O–H groups in total. The van der Waals surface area contributed by atoms with Crippen LogP contribution >= 0.6 is 11.6 Å². The number of carbonyl (C=O) groups excluding carboxylic acids is 2. The van der Waals surface area contributed by atoms with Crippen LogP contribution in [0.2, 0.25) is 5.02 Å². The number of fused-ring (bicyclic) bond motifs is 2. The van der Waals surface area contributed by atoms with Crippen molar-refractivity contribution in [2.75, 3.05) is 6.54 Å². The summed E-state index contributed by atoms with van der Waals surface area (Å²) in [6.45, 7) is 3.05. The maximum Gasteiger partial charge on any atom is 0.275 e. The van der Waals surface area contributed by atoms with Crippen molar-refractivity contribution < 1.29 is 9.59 Å². The van der Waals surface area contributed by atoms with Gasteiger partial charge in [0, 0.05) is 37.1 Å². The Morgan fingerprint density at radius 1 is 1.25 bits per heavy atom. The van der Waals surface area contributed by atoms with E-state index in [0.717, 1.165) is 18.5 Å². The Morgan fingerprint density at radius 2 is 2.07 bits per heavy atom. The highest BCUT2D eigenvalue weighted by Gasteiger charge is 2.33. The third kappa shape index (κ3) is 2.84. The van der Waals surface area contributed by atoms with E-state index in [1.54, 1.807) is 17.2 Å². The van der Waals surface area contributed by atoms with Crippen LogP contribution in [0, 0.1) is 0 Å². The second kappa shape index (κ2) is 6.34. The lowest BCUT2D eigenvalue weighted by molar-refractivity contribution is 0.0635. The molecular formula is C19H19ClN6O2. The van der Waals surface area contributed by atoms with Gasteiger partial charge < -0.3 is 14.8 Å². The van der Waals surface area contributed by atoms with E-state index in [-0.39, 0.29) is 17.9 Å². The summed E-state index contributed by atoms with van der Waals surface area (Å²) in [6, 6.07) is 5.58. The molecule has 3 aromatic heterocycles. The summed E-state index contributed by atoms with van der Waals surface area (Å²) in [5.41, 5.74) is 2.51. The minimum absolute atomic E-state index is 0.0379. The fraction of sp³-hybridized carbons (Fsp3) is 0.368. The van der Waals surface area contributed by atoms with Crippen molar-refractivity contribution >= 4 is 29.1 Å². The molecule has 1 aliphatic carbocycles. The van der Waals surface area contributed by atoms with E-state index in [0.29, 0.717) is 41.2 Å². The zero-order valence-corrected chi connectivity index (χ0v) is 16.1. The van der Waals surface area contributed by atoms with E-state index < -0.39 is 0 Å². The molecule has 1 fully saturated rings. The molecule has 2 aliphatic rings. The Labute approximate surface area is 166 Å². The first-order valence-corrected chi connectivity index (χ1v) is 9.71. The molecule has 28 heavy (non-hydrogen) atoms. The average Bonchev–Trinajstić information content (AvgIpc) is 3.22. The van der Waals surface area contributed by atoms with Gasteiger partial charge in [0.05, 0.1) is 17.3 Å². The zero-order valence-electron chi connectivity index (χ0n) is 15.3. The van der Waals surface area contributed by atoms with Crippen LogP contribution < -0.4 is 5.32 Å². The second-order valence-corrected chi connectivity index (χ2v) is 7.76. The quantitative estimate of drug-likeness (QED) is 0.733. The zero-order chi connectivity index (χ0) is 19.4. The molecule has 2 amide bonds. The lowest BCUT2D eigenvalue weighted by atomic mass is 10.1. The molecule has 0 radical (unpaired) electrons. The second-order valence-electron chi connectivity index (χ2n) is 7.32. The molecule has 0 saturated heterocycles. The third-order valence-electron chi connectivity index (χ3n) is 5.38. The normalized spacial score (nSPS) is 18.9. The number of carbonyl (C=O) groups is 2. The summed E-state index contributed by atoms with van der Waals surface area (Å²) in [4.78, 5) is 31.5. The molecule has 0 bridgehead atoms. The van der Waals surface area contributed by atoms with Crippen molar-refractivity contribution in [2.45, 2.75) is 38.4 Å². The van der Waals surface area contributed by atoms with Crippen LogP contribution in [0.15, 0.2) is 30.6 Å². The molecule has 1 unspecified atom stereocenters. The molecule has 8 nitrogen and oxygen atoms in total. The third-order valence-corrected chi connectivity index (χ3v) is 5.58. The number of nitrogens with one attached hydrogen (secondary N) is 1. The number of rotatable bonds is 3. The van der Waals surface area contributed by atoms with Gasteiger partial charge in [0.15, 0.2) is 11.3 Å². The molecule has 9 heteroatoms. The van der Waals surface area contributed by atoms with Crippen molar-refractivity contribution in [2.24, 2.45) is 0 Å². The Balaban J connectivity index is 1.40. The van der Waals surface area contributed by atoms with Gasteiger partial charge in [-0.3, -0.25) is 9.59 Å². The van der Waals surface area contributed by atoms with Gasteiger partial charge in [0.25, 0.3) is 11.8 Å². The summed E-state index contributed by atoms with van der Waals surface area (Å²) in [7, 11) is 0. The number of amides is 2. The summed E-state index contributed by atoms with van der Waals surface area (Å²) >= 11 is 5.94. The van der Waals surface area contributed by atoms with Gasteiger partial charge in [-0.25, -0.2) is 9.50 Å². The topological polar surface area (TPSA) is 84.5 Å². The van der Waals surface area contributed by atoms with Crippen molar-refractivity contribution in [3.8, 4) is 0 Å². The lowest BCUT2D eigenvalue weighted by Gasteiger charge is -2.35. The van der Waals surface area contributed by atoms with Crippen LogP contribution in [0.5, 0.6) is 0 Å². The number of halogens is 1. The van der Waals surface area contributed by atoms with Crippen LogP contribution in [-0.2, 0) is 6.54 Å². The highest BCUT2D eigenvalue weighted by atomic mass is 35.5. The van der Waals surface area contributed by atoms with Gasteiger partial charge >= 0.3 is 0 Å². The Hall–Kier alpha value is -2.87. The van der Waals surface area contributed by atoms with Gasteiger partial charge in [-0.1, -0.05) is 11.6 Å². The fourth-order valence-electron chi connectivity index (χ4n) is 3.73. The highest BCUT2D eigenvalue weighted by molar-refractivity contribution is 6.30. The number of hydrogen-bond donors (Lipinski definition) is 1. The van der Waals surface area contributed by atoms with E-state index >= 15 is 0 Å². The maximum atomic E-state index is 13.1. The smallest absolute Gasteiger partial charge is 0.275 e. The number of hydrogen-bond acceptors (Lipinski definition) is 4. The number of aromatic nitrogens is 4. The molecule has 144 valence electrons. The van der Waals surface area contributed by atoms with Crippen molar-refractivity contribution in [3.63, 3.8) is 0 Å². The Kier molecular flexibility index (Phi) is 3.90. The molecule has 1 aliphatic heterocycles. The molecule has 5 rings (SSSR count). The standard InChI is InChI=1S/C19H19ClN6O2/c1-11-15-4-5-16(18(27)22-13-2-3-13)25(15)7-6-24(11)19(28)14-8-17-21-9-12(20)10-26(17)23-14/h4-5,8-11,13H,2-3,6-7H2,1H3,(H,22,27). The first-order valence-electron chi connectivity index (χ1n) is 9.33. The summed E-state index contributed by atoms with van der Waals surface area (Å²) < 4.78 is 3.52. The fourth-order valence-corrected chi connectivity index (χ4v) is 3.87. The molecule has 0 spiro atoms. The average molecular weight is 399 g/mol. The molecule has 1 atom stereocenters. The maximum absolute atomic E-state index is 13.1. The predicted octanol–water partition coefficient (Wildman–Crippen LogP) is 2.29. The summed E-state index contributed by atoms with van der Waals surface area (Å²) in [5.74, 6) is -0.199. The molecule has 4 heterocycles. The van der Waals surface area contributed by atoms with Gasteiger partial charge in [-0.2, -0.15) is 5.10 Å². The van der Waals surface area contributed by atoms with Crippen molar-refractivity contribution in [1.29, 1.82) is 0 Å². The molecular weight excluding hydrogens is 380 g/mol. The minimum Gasteiger partial charge on any atom is -0.348 e. The molecule has 1 saturated carbocycles. The van der Waals surface area contributed by atoms with Gasteiger partial charge in [-0.05, 0) is 31.9 Å². The van der Waals surface area contributed by atoms with Crippen LogP contribution in [-0.4, -0.2) is 48.5 Å². The highest BCUT2D eigenvalue weighted by Crippen LogP contribution is 2.29. The van der Waals surface area contributed by atoms with Crippen LogP contribution in [0.1, 0.15) is 52.5 Å². The van der Waals surface area contributed by atoms with E-state index in [9.17, 15) is 9.59 Å². The Morgan fingerprint density at radius 3 is 2.86 bits per heavy atom. The van der Waals surface area contributed by atoms with Gasteiger partial charge in [0.2, 0.25) is 0 Å². The summed E-state index contributed by atoms with van der Waals surface area (Å²) in [6.07, 6.45) is 5.25. The van der Waals surface area contributed by atoms with E-state index in [4.69, 9.17) is 11.6 Å². The minimum atomic E-state index is -0.162. The van der Waals surface area contributed by atoms with Crippen LogP contribution in [0.25, 0.3) is 5.65 Å². The largest absolute Gasteiger partial charge is 0.348 e. The van der Waals surface area contributed by atoms with E-state index in [1.165, 1.54) is 10.7 Å². The molecule has 0 aromatic carbocycles. The van der Waals surface area contributed by atoms with Crippen LogP contribution in [0.3, 0.4) is 0 Å². The predicted molar refractivity (Wildman–Crippen MR) is 102 cm³/mol. The van der Waals surface area contributed by atoms with Gasteiger partial charge in [-0.15, -0.1) is 0 Å². The van der Waals surface area contributed by atoms with Crippen molar-refractivity contribution in [1.82, 2.24) is 29.4 Å². The monoisotopic (exact) mass is 398 g/mol. The molecule has 3 aromatic rings.